The van der Waals surface area contributed by atoms with Crippen LogP contribution in [-0.2, 0) is 4.79 Å². The van der Waals surface area contributed by atoms with Crippen LogP contribution in [0.4, 0.5) is 0 Å². The maximum atomic E-state index is 12.2. The van der Waals surface area contributed by atoms with Gasteiger partial charge >= 0.3 is 6.01 Å². The van der Waals surface area contributed by atoms with Crippen molar-refractivity contribution in [2.75, 3.05) is 13.2 Å². The van der Waals surface area contributed by atoms with Gasteiger partial charge in [-0.25, -0.2) is 9.97 Å². The normalized spacial score (nSPS) is 19.3. The minimum Gasteiger partial charge on any atom is -0.453 e. The van der Waals surface area contributed by atoms with Crippen LogP contribution in [0.1, 0.15) is 38.3 Å². The highest BCUT2D eigenvalue weighted by Gasteiger charge is 2.25. The molecule has 1 aromatic heterocycles. The lowest BCUT2D eigenvalue weighted by atomic mass is 10.00. The quantitative estimate of drug-likeness (QED) is 0.833. The molecule has 1 aliphatic rings. The number of rotatable bonds is 4. The maximum absolute atomic E-state index is 12.2. The third kappa shape index (κ3) is 3.66. The Kier molecular flexibility index (Phi) is 4.71. The van der Waals surface area contributed by atoms with Crippen molar-refractivity contribution >= 4 is 5.91 Å². The Balaban J connectivity index is 1.89. The minimum absolute atomic E-state index is 0.0277. The molecule has 1 amide bonds. The fraction of sp³-hybridized carbons (Fsp3) is 0.643. The molecule has 5 nitrogen and oxygen atoms in total. The molecule has 1 unspecified atom stereocenters. The van der Waals surface area contributed by atoms with E-state index in [1.165, 1.54) is 6.42 Å². The number of ether oxygens (including phenoxy) is 1. The third-order valence-corrected chi connectivity index (χ3v) is 3.52. The molecule has 0 aliphatic carbocycles. The summed E-state index contributed by atoms with van der Waals surface area (Å²) >= 11 is 0. The average Bonchev–Trinajstić information content (AvgIpc) is 2.45. The number of likely N-dealkylation sites (tertiary alicyclic amines) is 1. The van der Waals surface area contributed by atoms with E-state index in [2.05, 4.69) is 16.9 Å². The van der Waals surface area contributed by atoms with Gasteiger partial charge in [-0.1, -0.05) is 6.92 Å². The van der Waals surface area contributed by atoms with Gasteiger partial charge in [0.2, 0.25) is 0 Å². The van der Waals surface area contributed by atoms with Crippen LogP contribution in [0.25, 0.3) is 0 Å². The van der Waals surface area contributed by atoms with Crippen LogP contribution in [-0.4, -0.2) is 40.0 Å². The van der Waals surface area contributed by atoms with Crippen molar-refractivity contribution in [3.63, 3.8) is 0 Å². The van der Waals surface area contributed by atoms with Crippen LogP contribution in [0.2, 0.25) is 0 Å². The Bertz CT molecular complexity index is 436. The average molecular weight is 263 g/mol. The Hall–Kier alpha value is -1.65. The van der Waals surface area contributed by atoms with E-state index < -0.39 is 0 Å². The summed E-state index contributed by atoms with van der Waals surface area (Å²) in [5, 5.41) is 0. The topological polar surface area (TPSA) is 55.3 Å². The summed E-state index contributed by atoms with van der Waals surface area (Å²) in [4.78, 5) is 22.2. The van der Waals surface area contributed by atoms with E-state index in [1.807, 2.05) is 11.8 Å². The molecule has 1 fully saturated rings. The molecule has 0 radical (unpaired) electrons. The summed E-state index contributed by atoms with van der Waals surface area (Å²) in [5.74, 6) is 0.0386. The highest BCUT2D eigenvalue weighted by molar-refractivity contribution is 5.78. The number of carbonyl (C=O) groups is 1. The molecule has 1 atom stereocenters. The van der Waals surface area contributed by atoms with Crippen molar-refractivity contribution < 1.29 is 9.53 Å². The minimum atomic E-state index is 0.0277. The third-order valence-electron chi connectivity index (χ3n) is 3.52. The molecular formula is C14H21N3O2. The molecule has 104 valence electrons. The molecule has 0 spiro atoms. The van der Waals surface area contributed by atoms with Gasteiger partial charge in [0.1, 0.15) is 0 Å². The van der Waals surface area contributed by atoms with Gasteiger partial charge in [0, 0.05) is 24.5 Å². The SMILES string of the molecule is CCC1CCCCN1C(=O)COc1nccc(C)n1. The first-order valence-corrected chi connectivity index (χ1v) is 6.92. The summed E-state index contributed by atoms with van der Waals surface area (Å²) < 4.78 is 5.38. The largest absolute Gasteiger partial charge is 0.453 e. The second kappa shape index (κ2) is 6.50. The Labute approximate surface area is 114 Å². The summed E-state index contributed by atoms with van der Waals surface area (Å²) in [5.41, 5.74) is 0.835. The van der Waals surface area contributed by atoms with Crippen LogP contribution < -0.4 is 4.74 Å². The van der Waals surface area contributed by atoms with E-state index in [4.69, 9.17) is 4.74 Å². The summed E-state index contributed by atoms with van der Waals surface area (Å²) in [6.45, 7) is 4.87. The first kappa shape index (κ1) is 13.8. The predicted octanol–water partition coefficient (Wildman–Crippen LogP) is 1.95. The van der Waals surface area contributed by atoms with E-state index in [1.54, 1.807) is 12.3 Å². The number of hydrogen-bond acceptors (Lipinski definition) is 4. The number of piperidine rings is 1. The molecule has 1 aromatic rings. The maximum Gasteiger partial charge on any atom is 0.317 e. The van der Waals surface area contributed by atoms with Crippen molar-refractivity contribution in [2.45, 2.75) is 45.6 Å². The molecule has 0 bridgehead atoms. The molecular weight excluding hydrogens is 242 g/mol. The van der Waals surface area contributed by atoms with Gasteiger partial charge < -0.3 is 9.64 Å². The zero-order chi connectivity index (χ0) is 13.7. The van der Waals surface area contributed by atoms with Crippen LogP contribution >= 0.6 is 0 Å². The van der Waals surface area contributed by atoms with E-state index in [0.717, 1.165) is 31.5 Å². The fourth-order valence-electron chi connectivity index (χ4n) is 2.46. The molecule has 0 N–H and O–H groups in total. The van der Waals surface area contributed by atoms with Gasteiger partial charge in [0.05, 0.1) is 0 Å². The fourth-order valence-corrected chi connectivity index (χ4v) is 2.46. The Morgan fingerprint density at radius 3 is 3.11 bits per heavy atom. The number of hydrogen-bond donors (Lipinski definition) is 0. The lowest BCUT2D eigenvalue weighted by molar-refractivity contribution is -0.137. The zero-order valence-electron chi connectivity index (χ0n) is 11.6. The summed E-state index contributed by atoms with van der Waals surface area (Å²) in [6.07, 6.45) is 6.04. The first-order valence-electron chi connectivity index (χ1n) is 6.92. The molecule has 2 heterocycles. The smallest absolute Gasteiger partial charge is 0.317 e. The first-order chi connectivity index (χ1) is 9.20. The standard InChI is InChI=1S/C14H21N3O2/c1-3-12-6-4-5-9-17(12)13(18)10-19-14-15-8-7-11(2)16-14/h7-8,12H,3-6,9-10H2,1-2H3. The van der Waals surface area contributed by atoms with Gasteiger partial charge in [-0.3, -0.25) is 4.79 Å². The van der Waals surface area contributed by atoms with E-state index in [9.17, 15) is 4.79 Å². The number of aromatic nitrogens is 2. The van der Waals surface area contributed by atoms with Gasteiger partial charge in [0.15, 0.2) is 6.61 Å². The summed E-state index contributed by atoms with van der Waals surface area (Å²) in [7, 11) is 0. The molecule has 5 heteroatoms. The number of carbonyl (C=O) groups excluding carboxylic acids is 1. The number of aryl methyl sites for hydroxylation is 1. The molecule has 1 aliphatic heterocycles. The molecule has 0 saturated carbocycles. The Morgan fingerprint density at radius 1 is 1.53 bits per heavy atom. The molecule has 0 aromatic carbocycles. The van der Waals surface area contributed by atoms with Gasteiger partial charge in [0.25, 0.3) is 5.91 Å². The van der Waals surface area contributed by atoms with E-state index >= 15 is 0 Å². The van der Waals surface area contributed by atoms with Crippen LogP contribution in [0.3, 0.4) is 0 Å². The van der Waals surface area contributed by atoms with E-state index in [-0.39, 0.29) is 18.5 Å². The summed E-state index contributed by atoms with van der Waals surface area (Å²) in [6, 6.07) is 2.44. The van der Waals surface area contributed by atoms with Crippen molar-refractivity contribution in [3.8, 4) is 6.01 Å². The molecule has 19 heavy (non-hydrogen) atoms. The van der Waals surface area contributed by atoms with Crippen LogP contribution in [0, 0.1) is 6.92 Å². The zero-order valence-corrected chi connectivity index (χ0v) is 11.6. The van der Waals surface area contributed by atoms with Gasteiger partial charge in [-0.15, -0.1) is 0 Å². The highest BCUT2D eigenvalue weighted by Crippen LogP contribution is 2.19. The van der Waals surface area contributed by atoms with Crippen molar-refractivity contribution in [3.05, 3.63) is 18.0 Å². The van der Waals surface area contributed by atoms with Crippen molar-refractivity contribution in [1.82, 2.24) is 14.9 Å². The monoisotopic (exact) mass is 263 g/mol. The second-order valence-corrected chi connectivity index (χ2v) is 4.91. The second-order valence-electron chi connectivity index (χ2n) is 4.91. The van der Waals surface area contributed by atoms with Crippen LogP contribution in [0.5, 0.6) is 6.01 Å². The van der Waals surface area contributed by atoms with Crippen LogP contribution in [0.15, 0.2) is 12.3 Å². The Morgan fingerprint density at radius 2 is 2.37 bits per heavy atom. The molecule has 1 saturated heterocycles. The van der Waals surface area contributed by atoms with Gasteiger partial charge in [-0.2, -0.15) is 0 Å². The number of nitrogens with zero attached hydrogens (tertiary/aromatic N) is 3. The van der Waals surface area contributed by atoms with Gasteiger partial charge in [-0.05, 0) is 38.7 Å². The highest BCUT2D eigenvalue weighted by atomic mass is 16.5. The lowest BCUT2D eigenvalue weighted by Gasteiger charge is -2.35. The van der Waals surface area contributed by atoms with E-state index in [0.29, 0.717) is 6.04 Å². The number of amides is 1. The van der Waals surface area contributed by atoms with Crippen molar-refractivity contribution in [2.24, 2.45) is 0 Å². The lowest BCUT2D eigenvalue weighted by Crippen LogP contribution is -2.45. The molecule has 2 rings (SSSR count). The van der Waals surface area contributed by atoms with Crippen molar-refractivity contribution in [1.29, 1.82) is 0 Å². The predicted molar refractivity (Wildman–Crippen MR) is 71.9 cm³/mol.